The van der Waals surface area contributed by atoms with Crippen LogP contribution in [0.4, 0.5) is 0 Å². The second-order valence-electron chi connectivity index (χ2n) is 5.72. The van der Waals surface area contributed by atoms with Crippen molar-refractivity contribution in [1.82, 2.24) is 9.03 Å². The molecule has 20 heavy (non-hydrogen) atoms. The van der Waals surface area contributed by atoms with Crippen molar-refractivity contribution in [1.29, 1.82) is 0 Å². The normalized spacial score (nSPS) is 18.8. The van der Waals surface area contributed by atoms with E-state index in [9.17, 15) is 8.42 Å². The first kappa shape index (κ1) is 17.8. The third-order valence-corrected chi connectivity index (χ3v) is 5.16. The van der Waals surface area contributed by atoms with Crippen molar-refractivity contribution in [3.63, 3.8) is 0 Å². The van der Waals surface area contributed by atoms with E-state index in [1.807, 2.05) is 0 Å². The second-order valence-corrected chi connectivity index (χ2v) is 7.47. The Balaban J connectivity index is 2.18. The SMILES string of the molecule is CC(C)CCOCCNS(=O)(=O)N1CCC(CO)CC1. The lowest BCUT2D eigenvalue weighted by atomic mass is 10.00. The molecule has 0 radical (unpaired) electrons. The molecule has 1 heterocycles. The number of aliphatic hydroxyl groups is 1. The highest BCUT2D eigenvalue weighted by molar-refractivity contribution is 7.87. The summed E-state index contributed by atoms with van der Waals surface area (Å²) in [6.45, 7) is 6.74. The topological polar surface area (TPSA) is 78.9 Å². The highest BCUT2D eigenvalue weighted by Gasteiger charge is 2.27. The van der Waals surface area contributed by atoms with E-state index in [-0.39, 0.29) is 12.5 Å². The minimum atomic E-state index is -3.40. The molecule has 2 N–H and O–H groups in total. The van der Waals surface area contributed by atoms with Gasteiger partial charge in [0.1, 0.15) is 0 Å². The summed E-state index contributed by atoms with van der Waals surface area (Å²) in [6.07, 6.45) is 2.44. The van der Waals surface area contributed by atoms with E-state index in [1.54, 1.807) is 0 Å². The molecular formula is C13H28N2O4S. The van der Waals surface area contributed by atoms with Crippen LogP contribution in [0.3, 0.4) is 0 Å². The molecule has 0 aromatic heterocycles. The summed E-state index contributed by atoms with van der Waals surface area (Å²) in [6, 6.07) is 0. The van der Waals surface area contributed by atoms with Crippen LogP contribution in [0.1, 0.15) is 33.1 Å². The summed E-state index contributed by atoms with van der Waals surface area (Å²) in [4.78, 5) is 0. The molecule has 0 spiro atoms. The molecule has 0 aromatic rings. The van der Waals surface area contributed by atoms with Gasteiger partial charge in [-0.2, -0.15) is 17.4 Å². The molecule has 0 aliphatic carbocycles. The van der Waals surface area contributed by atoms with Gasteiger partial charge in [-0.1, -0.05) is 13.8 Å². The molecule has 1 saturated heterocycles. The van der Waals surface area contributed by atoms with Gasteiger partial charge in [-0.15, -0.1) is 0 Å². The number of nitrogens with zero attached hydrogens (tertiary/aromatic N) is 1. The molecule has 0 saturated carbocycles. The summed E-state index contributed by atoms with van der Waals surface area (Å²) >= 11 is 0. The first-order valence-electron chi connectivity index (χ1n) is 7.39. The van der Waals surface area contributed by atoms with Gasteiger partial charge in [0.2, 0.25) is 0 Å². The van der Waals surface area contributed by atoms with Crippen LogP contribution < -0.4 is 4.72 Å². The maximum absolute atomic E-state index is 12.0. The number of piperidine rings is 1. The fourth-order valence-electron chi connectivity index (χ4n) is 2.09. The van der Waals surface area contributed by atoms with Gasteiger partial charge in [-0.3, -0.25) is 0 Å². The molecule has 7 heteroatoms. The van der Waals surface area contributed by atoms with Crippen molar-refractivity contribution in [3.8, 4) is 0 Å². The molecule has 120 valence electrons. The average molecular weight is 308 g/mol. The van der Waals surface area contributed by atoms with E-state index in [2.05, 4.69) is 18.6 Å². The van der Waals surface area contributed by atoms with Crippen molar-refractivity contribution in [3.05, 3.63) is 0 Å². The average Bonchev–Trinajstić information content (AvgIpc) is 2.42. The Kier molecular flexibility index (Phi) is 7.98. The van der Waals surface area contributed by atoms with Crippen LogP contribution in [0.2, 0.25) is 0 Å². The number of rotatable bonds is 9. The van der Waals surface area contributed by atoms with Crippen LogP contribution in [0.5, 0.6) is 0 Å². The second kappa shape index (κ2) is 8.94. The molecule has 1 aliphatic rings. The zero-order valence-electron chi connectivity index (χ0n) is 12.5. The summed E-state index contributed by atoms with van der Waals surface area (Å²) in [5.41, 5.74) is 0. The standard InChI is InChI=1S/C13H28N2O4S/c1-12(2)5-9-19-10-6-14-20(17,18)15-7-3-13(11-16)4-8-15/h12-14,16H,3-11H2,1-2H3. The Morgan fingerprint density at radius 3 is 2.50 bits per heavy atom. The smallest absolute Gasteiger partial charge is 0.279 e. The Labute approximate surface area is 122 Å². The molecule has 1 fully saturated rings. The quantitative estimate of drug-likeness (QED) is 0.611. The zero-order chi connectivity index (χ0) is 15.0. The number of ether oxygens (including phenoxy) is 1. The van der Waals surface area contributed by atoms with Crippen LogP contribution in [-0.4, -0.2) is 57.3 Å². The van der Waals surface area contributed by atoms with E-state index < -0.39 is 10.2 Å². The Morgan fingerprint density at radius 2 is 1.95 bits per heavy atom. The van der Waals surface area contributed by atoms with Crippen molar-refractivity contribution < 1.29 is 18.3 Å². The lowest BCUT2D eigenvalue weighted by molar-refractivity contribution is 0.127. The van der Waals surface area contributed by atoms with Crippen LogP contribution >= 0.6 is 0 Å². The predicted molar refractivity (Wildman–Crippen MR) is 78.6 cm³/mol. The molecule has 0 atom stereocenters. The summed E-state index contributed by atoms with van der Waals surface area (Å²) < 4.78 is 33.4. The van der Waals surface area contributed by atoms with E-state index in [4.69, 9.17) is 9.84 Å². The van der Waals surface area contributed by atoms with E-state index in [1.165, 1.54) is 4.31 Å². The highest BCUT2D eigenvalue weighted by atomic mass is 32.2. The Morgan fingerprint density at radius 1 is 1.30 bits per heavy atom. The van der Waals surface area contributed by atoms with Crippen LogP contribution in [0.15, 0.2) is 0 Å². The lowest BCUT2D eigenvalue weighted by Crippen LogP contribution is -2.46. The fraction of sp³-hybridized carbons (Fsp3) is 1.00. The van der Waals surface area contributed by atoms with Crippen molar-refractivity contribution in [2.45, 2.75) is 33.1 Å². The largest absolute Gasteiger partial charge is 0.396 e. The summed E-state index contributed by atoms with van der Waals surface area (Å²) in [5.74, 6) is 0.834. The minimum absolute atomic E-state index is 0.144. The van der Waals surface area contributed by atoms with Gasteiger partial charge in [-0.05, 0) is 31.1 Å². The Bertz CT molecular complexity index is 351. The van der Waals surface area contributed by atoms with Gasteiger partial charge in [0.15, 0.2) is 0 Å². The van der Waals surface area contributed by atoms with Gasteiger partial charge in [-0.25, -0.2) is 0 Å². The minimum Gasteiger partial charge on any atom is -0.396 e. The lowest BCUT2D eigenvalue weighted by Gasteiger charge is -2.30. The van der Waals surface area contributed by atoms with Crippen molar-refractivity contribution >= 4 is 10.2 Å². The first-order chi connectivity index (χ1) is 9.45. The number of hydrogen-bond donors (Lipinski definition) is 2. The molecule has 0 amide bonds. The van der Waals surface area contributed by atoms with Crippen LogP contribution in [0.25, 0.3) is 0 Å². The van der Waals surface area contributed by atoms with Gasteiger partial charge in [0.05, 0.1) is 6.61 Å². The number of nitrogens with one attached hydrogen (secondary N) is 1. The molecule has 0 unspecified atom stereocenters. The summed E-state index contributed by atoms with van der Waals surface area (Å²) in [5, 5.41) is 9.04. The van der Waals surface area contributed by atoms with E-state index in [0.29, 0.717) is 38.8 Å². The molecular weight excluding hydrogens is 280 g/mol. The third kappa shape index (κ3) is 6.49. The first-order valence-corrected chi connectivity index (χ1v) is 8.83. The number of aliphatic hydroxyl groups excluding tert-OH is 1. The van der Waals surface area contributed by atoms with Crippen molar-refractivity contribution in [2.24, 2.45) is 11.8 Å². The Hall–Kier alpha value is -0.210. The highest BCUT2D eigenvalue weighted by Crippen LogP contribution is 2.18. The van der Waals surface area contributed by atoms with Gasteiger partial charge < -0.3 is 9.84 Å². The van der Waals surface area contributed by atoms with E-state index in [0.717, 1.165) is 19.3 Å². The van der Waals surface area contributed by atoms with Gasteiger partial charge in [0, 0.05) is 32.8 Å². The third-order valence-electron chi connectivity index (χ3n) is 3.54. The van der Waals surface area contributed by atoms with Crippen LogP contribution in [-0.2, 0) is 14.9 Å². The monoisotopic (exact) mass is 308 g/mol. The van der Waals surface area contributed by atoms with Crippen LogP contribution in [0, 0.1) is 11.8 Å². The molecule has 1 aliphatic heterocycles. The molecule has 6 nitrogen and oxygen atoms in total. The van der Waals surface area contributed by atoms with E-state index >= 15 is 0 Å². The fourth-order valence-corrected chi connectivity index (χ4v) is 3.30. The maximum atomic E-state index is 12.0. The molecule has 1 rings (SSSR count). The summed E-state index contributed by atoms with van der Waals surface area (Å²) in [7, 11) is -3.40. The zero-order valence-corrected chi connectivity index (χ0v) is 13.4. The predicted octanol–water partition coefficient (Wildman–Crippen LogP) is 0.588. The molecule has 0 aromatic carbocycles. The number of hydrogen-bond acceptors (Lipinski definition) is 4. The molecule has 0 bridgehead atoms. The van der Waals surface area contributed by atoms with Crippen molar-refractivity contribution in [2.75, 3.05) is 39.5 Å². The van der Waals surface area contributed by atoms with Gasteiger partial charge >= 0.3 is 0 Å². The maximum Gasteiger partial charge on any atom is 0.279 e. The van der Waals surface area contributed by atoms with Gasteiger partial charge in [0.25, 0.3) is 10.2 Å².